The third-order valence-corrected chi connectivity index (χ3v) is 3.23. The average Bonchev–Trinajstić information content (AvgIpc) is 2.70. The zero-order valence-electron chi connectivity index (χ0n) is 10.4. The first kappa shape index (κ1) is 14.5. The van der Waals surface area contributed by atoms with Crippen LogP contribution in [0.4, 0.5) is 5.82 Å². The molecule has 7 heteroatoms. The van der Waals surface area contributed by atoms with Crippen LogP contribution in [0, 0.1) is 10.1 Å². The lowest BCUT2D eigenvalue weighted by Gasteiger charge is -2.07. The van der Waals surface area contributed by atoms with Crippen LogP contribution in [0.1, 0.15) is 30.3 Å². The first-order valence-corrected chi connectivity index (χ1v) is 6.13. The van der Waals surface area contributed by atoms with E-state index in [0.29, 0.717) is 13.0 Å². The fourth-order valence-electron chi connectivity index (χ4n) is 1.55. The number of rotatable bonds is 6. The molecule has 1 rings (SSSR count). The number of hydrogen-bond donors (Lipinski definition) is 1. The summed E-state index contributed by atoms with van der Waals surface area (Å²) in [4.78, 5) is 21.9. The highest BCUT2D eigenvalue weighted by atomic mass is 35.5. The van der Waals surface area contributed by atoms with Crippen LogP contribution in [0.15, 0.2) is 12.1 Å². The predicted molar refractivity (Wildman–Crippen MR) is 68.9 cm³/mol. The van der Waals surface area contributed by atoms with E-state index < -0.39 is 4.92 Å². The second-order valence-corrected chi connectivity index (χ2v) is 4.56. The minimum Gasteiger partial charge on any atom is -0.358 e. The lowest BCUT2D eigenvalue weighted by atomic mass is 10.2. The van der Waals surface area contributed by atoms with Gasteiger partial charge in [-0.15, -0.1) is 11.6 Å². The van der Waals surface area contributed by atoms with Crippen molar-refractivity contribution in [3.05, 3.63) is 27.9 Å². The van der Waals surface area contributed by atoms with E-state index in [4.69, 9.17) is 11.6 Å². The third kappa shape index (κ3) is 3.46. The summed E-state index contributed by atoms with van der Waals surface area (Å²) in [5, 5.41) is 13.4. The standard InChI is InChI=1S/C11H16ClN3O3/c1-3-8(12)6-7-13-11(16)9-4-5-10(14(9)2)15(17)18/h4-5,8H,3,6-7H2,1-2H3,(H,13,16). The van der Waals surface area contributed by atoms with Gasteiger partial charge in [-0.3, -0.25) is 4.79 Å². The number of nitro groups is 1. The maximum Gasteiger partial charge on any atom is 0.323 e. The normalized spacial score (nSPS) is 12.2. The molecule has 1 atom stereocenters. The number of alkyl halides is 1. The molecule has 0 radical (unpaired) electrons. The van der Waals surface area contributed by atoms with E-state index in [0.717, 1.165) is 6.42 Å². The molecule has 0 aliphatic heterocycles. The van der Waals surface area contributed by atoms with Crippen molar-refractivity contribution in [2.45, 2.75) is 25.1 Å². The summed E-state index contributed by atoms with van der Waals surface area (Å²) in [6.45, 7) is 2.43. The van der Waals surface area contributed by atoms with E-state index in [9.17, 15) is 14.9 Å². The van der Waals surface area contributed by atoms with Crippen LogP contribution in [0.2, 0.25) is 0 Å². The molecule has 1 amide bonds. The molecule has 0 fully saturated rings. The number of carbonyl (C=O) groups is 1. The maximum absolute atomic E-state index is 11.8. The molecule has 1 N–H and O–H groups in total. The molecule has 0 saturated heterocycles. The number of aromatic nitrogens is 1. The van der Waals surface area contributed by atoms with Gasteiger partial charge in [0.1, 0.15) is 0 Å². The Morgan fingerprint density at radius 2 is 2.28 bits per heavy atom. The largest absolute Gasteiger partial charge is 0.358 e. The van der Waals surface area contributed by atoms with Crippen LogP contribution in [-0.2, 0) is 7.05 Å². The van der Waals surface area contributed by atoms with Crippen LogP contribution >= 0.6 is 11.6 Å². The summed E-state index contributed by atoms with van der Waals surface area (Å²) in [7, 11) is 1.49. The molecule has 0 saturated carbocycles. The molecule has 0 bridgehead atoms. The summed E-state index contributed by atoms with van der Waals surface area (Å²) >= 11 is 5.93. The van der Waals surface area contributed by atoms with Gasteiger partial charge in [0.05, 0.1) is 7.05 Å². The molecule has 18 heavy (non-hydrogen) atoms. The fourth-order valence-corrected chi connectivity index (χ4v) is 1.66. The van der Waals surface area contributed by atoms with Crippen molar-refractivity contribution >= 4 is 23.3 Å². The Hall–Kier alpha value is -1.56. The minimum atomic E-state index is -0.525. The van der Waals surface area contributed by atoms with Crippen molar-refractivity contribution in [2.24, 2.45) is 7.05 Å². The molecule has 6 nitrogen and oxygen atoms in total. The first-order chi connectivity index (χ1) is 8.47. The lowest BCUT2D eigenvalue weighted by Crippen LogP contribution is -2.27. The summed E-state index contributed by atoms with van der Waals surface area (Å²) in [5.74, 6) is -0.436. The molecule has 1 aromatic heterocycles. The summed E-state index contributed by atoms with van der Waals surface area (Å²) < 4.78 is 1.26. The van der Waals surface area contributed by atoms with Crippen molar-refractivity contribution in [3.8, 4) is 0 Å². The molecular formula is C11H16ClN3O3. The zero-order valence-corrected chi connectivity index (χ0v) is 11.1. The van der Waals surface area contributed by atoms with Gasteiger partial charge >= 0.3 is 5.82 Å². The van der Waals surface area contributed by atoms with Gasteiger partial charge in [-0.25, -0.2) is 4.57 Å². The maximum atomic E-state index is 11.8. The number of amides is 1. The molecule has 1 unspecified atom stereocenters. The Labute approximate surface area is 110 Å². The van der Waals surface area contributed by atoms with Crippen LogP contribution < -0.4 is 5.32 Å². The zero-order chi connectivity index (χ0) is 13.7. The predicted octanol–water partition coefficient (Wildman–Crippen LogP) is 2.07. The Bertz CT molecular complexity index is 445. The summed E-state index contributed by atoms with van der Waals surface area (Å²) in [6, 6.07) is 2.75. The van der Waals surface area contributed by atoms with Gasteiger partial charge in [0.15, 0.2) is 5.69 Å². The molecule has 0 spiro atoms. The van der Waals surface area contributed by atoms with Crippen LogP contribution in [-0.4, -0.2) is 27.3 Å². The van der Waals surface area contributed by atoms with Gasteiger partial charge in [0, 0.05) is 18.0 Å². The molecule has 0 aliphatic carbocycles. The van der Waals surface area contributed by atoms with Crippen LogP contribution in [0.5, 0.6) is 0 Å². The van der Waals surface area contributed by atoms with Crippen LogP contribution in [0.3, 0.4) is 0 Å². The average molecular weight is 274 g/mol. The molecular weight excluding hydrogens is 258 g/mol. The van der Waals surface area contributed by atoms with Crippen molar-refractivity contribution < 1.29 is 9.72 Å². The quantitative estimate of drug-likeness (QED) is 0.490. The number of halogens is 1. The second kappa shape index (κ2) is 6.39. The Morgan fingerprint density at radius 3 is 2.78 bits per heavy atom. The molecule has 0 aliphatic rings. The Kier molecular flexibility index (Phi) is 5.15. The smallest absolute Gasteiger partial charge is 0.323 e. The fraction of sp³-hybridized carbons (Fsp3) is 0.545. The highest BCUT2D eigenvalue weighted by molar-refractivity contribution is 6.20. The van der Waals surface area contributed by atoms with E-state index in [2.05, 4.69) is 5.32 Å². The van der Waals surface area contributed by atoms with E-state index in [1.165, 1.54) is 23.7 Å². The van der Waals surface area contributed by atoms with Crippen molar-refractivity contribution in [1.29, 1.82) is 0 Å². The number of hydrogen-bond acceptors (Lipinski definition) is 3. The summed E-state index contributed by atoms with van der Waals surface area (Å²) in [5.41, 5.74) is 0.268. The molecule has 1 aromatic rings. The lowest BCUT2D eigenvalue weighted by molar-refractivity contribution is -0.391. The van der Waals surface area contributed by atoms with E-state index >= 15 is 0 Å². The molecule has 100 valence electrons. The van der Waals surface area contributed by atoms with Crippen molar-refractivity contribution in [2.75, 3.05) is 6.54 Å². The Morgan fingerprint density at radius 1 is 1.61 bits per heavy atom. The van der Waals surface area contributed by atoms with Gasteiger partial charge in [0.2, 0.25) is 0 Å². The first-order valence-electron chi connectivity index (χ1n) is 5.69. The summed E-state index contributed by atoms with van der Waals surface area (Å²) in [6.07, 6.45) is 1.52. The second-order valence-electron chi connectivity index (χ2n) is 3.94. The SMILES string of the molecule is CCC(Cl)CCNC(=O)c1ccc([N+](=O)[O-])n1C. The van der Waals surface area contributed by atoms with Gasteiger partial charge < -0.3 is 15.4 Å². The van der Waals surface area contributed by atoms with Crippen molar-refractivity contribution in [3.63, 3.8) is 0 Å². The van der Waals surface area contributed by atoms with E-state index in [1.54, 1.807) is 0 Å². The minimum absolute atomic E-state index is 0.0352. The Balaban J connectivity index is 2.60. The van der Waals surface area contributed by atoms with Gasteiger partial charge in [-0.1, -0.05) is 6.92 Å². The highest BCUT2D eigenvalue weighted by Gasteiger charge is 2.20. The van der Waals surface area contributed by atoms with Gasteiger partial charge in [0.25, 0.3) is 5.91 Å². The highest BCUT2D eigenvalue weighted by Crippen LogP contribution is 2.14. The topological polar surface area (TPSA) is 77.2 Å². The molecule has 1 heterocycles. The van der Waals surface area contributed by atoms with E-state index in [-0.39, 0.29) is 22.8 Å². The number of carbonyl (C=O) groups excluding carboxylic acids is 1. The van der Waals surface area contributed by atoms with Crippen LogP contribution in [0.25, 0.3) is 0 Å². The monoisotopic (exact) mass is 273 g/mol. The number of nitrogens with zero attached hydrogens (tertiary/aromatic N) is 2. The molecule has 0 aromatic carbocycles. The third-order valence-electron chi connectivity index (χ3n) is 2.70. The van der Waals surface area contributed by atoms with Gasteiger partial charge in [-0.05, 0) is 23.8 Å². The van der Waals surface area contributed by atoms with Gasteiger partial charge in [-0.2, -0.15) is 0 Å². The number of nitrogens with one attached hydrogen (secondary N) is 1. The van der Waals surface area contributed by atoms with Crippen molar-refractivity contribution in [1.82, 2.24) is 9.88 Å². The van der Waals surface area contributed by atoms with E-state index in [1.807, 2.05) is 6.92 Å².